The van der Waals surface area contributed by atoms with Gasteiger partial charge in [-0.3, -0.25) is 0 Å². The maximum Gasteiger partial charge on any atom is 0.416 e. The zero-order chi connectivity index (χ0) is 50.0. The quantitative estimate of drug-likeness (QED) is 0.0515. The van der Waals surface area contributed by atoms with Gasteiger partial charge in [0.05, 0.1) is 11.1 Å². The molecule has 0 radical (unpaired) electrons. The van der Waals surface area contributed by atoms with E-state index in [1.54, 1.807) is 30.6 Å². The molecule has 0 fully saturated rings. The van der Waals surface area contributed by atoms with Crippen LogP contribution in [-0.2, 0) is 18.9 Å². The van der Waals surface area contributed by atoms with E-state index in [1.165, 1.54) is 4.57 Å². The van der Waals surface area contributed by atoms with Crippen LogP contribution in [0.5, 0.6) is 0 Å². The van der Waals surface area contributed by atoms with Crippen molar-refractivity contribution >= 4 is 28.0 Å². The highest BCUT2D eigenvalue weighted by Crippen LogP contribution is 2.37. The molecule has 0 bridgehead atoms. The van der Waals surface area contributed by atoms with E-state index in [-0.39, 0.29) is 18.2 Å². The molecule has 0 amide bonds. The van der Waals surface area contributed by atoms with E-state index in [2.05, 4.69) is 0 Å². The minimum absolute atomic E-state index is 0.0617. The van der Waals surface area contributed by atoms with Gasteiger partial charge in [0.2, 0.25) is 0 Å². The Morgan fingerprint density at radius 1 is 0.303 bits per heavy atom. The summed E-state index contributed by atoms with van der Waals surface area (Å²) >= 11 is 0. The summed E-state index contributed by atoms with van der Waals surface area (Å²) in [4.78, 5) is 0. The average Bonchev–Trinajstić information content (AvgIpc) is 3.26. The zero-order valence-electron chi connectivity index (χ0n) is 30.7. The molecule has 1 nitrogen and oxygen atoms in total. The minimum atomic E-state index is -7.22. The molecular weight excluding hydrogens is 975 g/mol. The van der Waals surface area contributed by atoms with Crippen LogP contribution in [0.4, 0.5) is 114 Å². The van der Waals surface area contributed by atoms with Crippen molar-refractivity contribution in [3.8, 4) is 0 Å². The predicted octanol–water partition coefficient (Wildman–Crippen LogP) is 9.91. The molecule has 0 unspecified atom stereocenters. The summed E-state index contributed by atoms with van der Waals surface area (Å²) < 4.78 is 372. The molecule has 1 aromatic heterocycles. The molecule has 0 aliphatic rings. The van der Waals surface area contributed by atoms with E-state index in [1.807, 2.05) is 0 Å². The second kappa shape index (κ2) is 17.7. The fourth-order valence-corrected chi connectivity index (χ4v) is 6.74. The standard InChI is InChI=1S/C24BF20.C14H10F6N/c26-5-1(6(27)14(35)21(42)13(5)34)25(2-7(28)15(36)22(43)16(37)8(2)29,3-9(30)17(38)23(44)18(39)10(3)31)4-11(32)19(40)24(45)20(41)12(4)33;15-13(16,17)11-6-10(7-12(8-11)14(18,19)20)9-21-4-2-1-3-5-21/h;1-8H,9H2/q-1;+1. The van der Waals surface area contributed by atoms with Gasteiger partial charge in [-0.15, -0.1) is 21.9 Å². The highest BCUT2D eigenvalue weighted by molar-refractivity contribution is 7.20. The Hall–Kier alpha value is -6.51. The lowest BCUT2D eigenvalue weighted by atomic mass is 9.12. The Bertz CT molecular complexity index is 2500. The number of halogens is 26. The van der Waals surface area contributed by atoms with Crippen LogP contribution in [0.15, 0.2) is 48.8 Å². The van der Waals surface area contributed by atoms with Gasteiger partial charge in [0, 0.05) is 17.7 Å². The Labute approximate surface area is 347 Å². The van der Waals surface area contributed by atoms with Gasteiger partial charge < -0.3 is 0 Å². The molecule has 0 saturated carbocycles. The molecule has 66 heavy (non-hydrogen) atoms. The first-order valence-corrected chi connectivity index (χ1v) is 16.8. The second-order valence-electron chi connectivity index (χ2n) is 13.3. The molecule has 5 aromatic carbocycles. The van der Waals surface area contributed by atoms with Crippen molar-refractivity contribution < 1.29 is 119 Å². The lowest BCUT2D eigenvalue weighted by Gasteiger charge is -2.44. The summed E-state index contributed by atoms with van der Waals surface area (Å²) in [6, 6.07) is 6.56. The van der Waals surface area contributed by atoms with Crippen LogP contribution in [0.25, 0.3) is 0 Å². The number of alkyl halides is 6. The van der Waals surface area contributed by atoms with Gasteiger partial charge in [0.15, 0.2) is 88.7 Å². The monoisotopic (exact) mass is 985 g/mol. The van der Waals surface area contributed by atoms with Crippen LogP contribution in [0, 0.1) is 116 Å². The fraction of sp³-hybridized carbons (Fsp3) is 0.0789. The largest absolute Gasteiger partial charge is 0.416 e. The Balaban J connectivity index is 0.000000324. The van der Waals surface area contributed by atoms with Crippen molar-refractivity contribution in [3.05, 3.63) is 182 Å². The molecule has 6 rings (SSSR count). The third-order valence-corrected chi connectivity index (χ3v) is 9.50. The van der Waals surface area contributed by atoms with Crippen LogP contribution >= 0.6 is 0 Å². The lowest BCUT2D eigenvalue weighted by Crippen LogP contribution is -2.81. The highest BCUT2D eigenvalue weighted by atomic mass is 19.4. The molecular formula is C38H10BF26N. The van der Waals surface area contributed by atoms with Crippen molar-refractivity contribution in [1.82, 2.24) is 0 Å². The van der Waals surface area contributed by atoms with Gasteiger partial charge in [-0.25, -0.2) is 92.4 Å². The minimum Gasteiger partial charge on any atom is -0.207 e. The van der Waals surface area contributed by atoms with E-state index in [9.17, 15) is 79.0 Å². The van der Waals surface area contributed by atoms with E-state index < -0.39 is 168 Å². The average molecular weight is 985 g/mol. The first kappa shape index (κ1) is 50.5. The van der Waals surface area contributed by atoms with Crippen molar-refractivity contribution in [2.75, 3.05) is 0 Å². The smallest absolute Gasteiger partial charge is 0.207 e. The number of pyridine rings is 1. The first-order valence-electron chi connectivity index (χ1n) is 16.8. The maximum atomic E-state index is 15.4. The van der Waals surface area contributed by atoms with Gasteiger partial charge in [-0.05, 0) is 18.2 Å². The number of benzene rings is 5. The van der Waals surface area contributed by atoms with Crippen LogP contribution in [0.3, 0.4) is 0 Å². The Morgan fingerprint density at radius 3 is 0.727 bits per heavy atom. The molecule has 0 aliphatic carbocycles. The molecule has 28 heteroatoms. The lowest BCUT2D eigenvalue weighted by molar-refractivity contribution is -0.688. The summed E-state index contributed by atoms with van der Waals surface area (Å²) in [7, 11) is 0. The third kappa shape index (κ3) is 8.21. The summed E-state index contributed by atoms with van der Waals surface area (Å²) in [6.07, 6.45) is -13.7. The normalized spacial score (nSPS) is 12.2. The van der Waals surface area contributed by atoms with E-state index in [0.717, 1.165) is 12.1 Å². The van der Waals surface area contributed by atoms with Crippen LogP contribution < -0.4 is 26.4 Å². The van der Waals surface area contributed by atoms with Gasteiger partial charge in [-0.1, -0.05) is 6.07 Å². The van der Waals surface area contributed by atoms with Crippen molar-refractivity contribution in [2.45, 2.75) is 18.9 Å². The molecule has 0 aliphatic heterocycles. The topological polar surface area (TPSA) is 3.88 Å². The molecule has 0 saturated heterocycles. The van der Waals surface area contributed by atoms with Crippen LogP contribution in [-0.4, -0.2) is 6.15 Å². The zero-order valence-corrected chi connectivity index (χ0v) is 30.7. The Morgan fingerprint density at radius 2 is 0.515 bits per heavy atom. The van der Waals surface area contributed by atoms with Crippen molar-refractivity contribution in [2.24, 2.45) is 0 Å². The van der Waals surface area contributed by atoms with Gasteiger partial charge in [-0.2, -0.15) is 26.3 Å². The van der Waals surface area contributed by atoms with Crippen LogP contribution in [0.2, 0.25) is 0 Å². The highest BCUT2D eigenvalue weighted by Gasteiger charge is 2.52. The Kier molecular flexibility index (Phi) is 13.5. The van der Waals surface area contributed by atoms with E-state index in [4.69, 9.17) is 0 Å². The van der Waals surface area contributed by atoms with E-state index >= 15 is 35.1 Å². The summed E-state index contributed by atoms with van der Waals surface area (Å²) in [6.45, 7) is -0.0756. The molecule has 352 valence electrons. The number of hydrogen-bond acceptors (Lipinski definition) is 0. The van der Waals surface area contributed by atoms with Gasteiger partial charge >= 0.3 is 12.4 Å². The molecule has 1 heterocycles. The molecule has 0 spiro atoms. The summed E-state index contributed by atoms with van der Waals surface area (Å²) in [5.41, 5.74) is -17.0. The van der Waals surface area contributed by atoms with Crippen molar-refractivity contribution in [3.63, 3.8) is 0 Å². The van der Waals surface area contributed by atoms with Crippen molar-refractivity contribution in [1.29, 1.82) is 0 Å². The van der Waals surface area contributed by atoms with Gasteiger partial charge in [0.1, 0.15) is 52.7 Å². The first-order chi connectivity index (χ1) is 30.4. The fourth-order valence-electron chi connectivity index (χ4n) is 6.74. The van der Waals surface area contributed by atoms with Crippen LogP contribution in [0.1, 0.15) is 16.7 Å². The number of rotatable bonds is 6. The molecule has 6 aromatic rings. The SMILES string of the molecule is FC(F)(F)c1cc(C[n+]2ccccc2)cc(C(F)(F)F)c1.Fc1c(F)c(F)c([B-](c2c(F)c(F)c(F)c(F)c2F)(c2c(F)c(F)c(F)c(F)c2F)c2c(F)c(F)c(F)c(F)c2F)c(F)c1F. The summed E-state index contributed by atoms with van der Waals surface area (Å²) in [5.74, 6) is -71.4. The van der Waals surface area contributed by atoms with E-state index in [0.29, 0.717) is 0 Å². The second-order valence-corrected chi connectivity index (χ2v) is 13.3. The number of aromatic nitrogens is 1. The number of hydrogen-bond donors (Lipinski definition) is 0. The third-order valence-electron chi connectivity index (χ3n) is 9.50. The molecule has 0 N–H and O–H groups in total. The molecule has 0 atom stereocenters. The van der Waals surface area contributed by atoms with Gasteiger partial charge in [0.25, 0.3) is 0 Å². The maximum absolute atomic E-state index is 15.4. The predicted molar refractivity (Wildman–Crippen MR) is 171 cm³/mol. The summed E-state index contributed by atoms with van der Waals surface area (Å²) in [5, 5.41) is 0. The number of nitrogens with zero attached hydrogens (tertiary/aromatic N) is 1.